The maximum absolute atomic E-state index is 5.48. The molecule has 6 nitrogen and oxygen atoms in total. The summed E-state index contributed by atoms with van der Waals surface area (Å²) in [6.07, 6.45) is 0.758. The minimum absolute atomic E-state index is 0.554. The highest BCUT2D eigenvalue weighted by Gasteiger charge is 2.17. The fourth-order valence-electron chi connectivity index (χ4n) is 3.59. The van der Waals surface area contributed by atoms with Gasteiger partial charge in [0.1, 0.15) is 11.6 Å². The number of rotatable bonds is 7. The molecule has 6 heteroatoms. The summed E-state index contributed by atoms with van der Waals surface area (Å²) in [6.45, 7) is 0. The van der Waals surface area contributed by atoms with Crippen molar-refractivity contribution in [2.45, 2.75) is 6.42 Å². The van der Waals surface area contributed by atoms with Crippen molar-refractivity contribution in [2.24, 2.45) is 0 Å². The van der Waals surface area contributed by atoms with Gasteiger partial charge >= 0.3 is 0 Å². The minimum atomic E-state index is 0.554. The fraction of sp³-hybridized carbons (Fsp3) is 0.208. The molecule has 0 fully saturated rings. The molecule has 3 aromatic carbocycles. The van der Waals surface area contributed by atoms with Crippen LogP contribution in [0.2, 0.25) is 0 Å². The van der Waals surface area contributed by atoms with Gasteiger partial charge in [0, 0.05) is 5.56 Å². The van der Waals surface area contributed by atoms with E-state index in [-0.39, 0.29) is 0 Å². The van der Waals surface area contributed by atoms with Crippen LogP contribution in [0, 0.1) is 0 Å². The molecule has 0 saturated heterocycles. The van der Waals surface area contributed by atoms with Crippen molar-refractivity contribution in [3.63, 3.8) is 0 Å². The molecule has 0 amide bonds. The molecular formula is C24H24N2O4. The Balaban J connectivity index is 1.77. The Morgan fingerprint density at radius 3 is 2.20 bits per heavy atom. The molecule has 0 radical (unpaired) electrons. The third-order valence-corrected chi connectivity index (χ3v) is 5.06. The highest BCUT2D eigenvalue weighted by atomic mass is 16.5. The predicted octanol–water partition coefficient (Wildman–Crippen LogP) is 4.86. The van der Waals surface area contributed by atoms with Crippen LogP contribution in [0.15, 0.2) is 54.6 Å². The van der Waals surface area contributed by atoms with Crippen LogP contribution >= 0.6 is 0 Å². The van der Waals surface area contributed by atoms with Crippen LogP contribution in [0.25, 0.3) is 22.4 Å². The lowest BCUT2D eigenvalue weighted by Gasteiger charge is -2.13. The number of imidazole rings is 1. The number of para-hydroxylation sites is 1. The van der Waals surface area contributed by atoms with Gasteiger partial charge in [-0.05, 0) is 47.9 Å². The largest absolute Gasteiger partial charge is 0.497 e. The maximum atomic E-state index is 5.48. The third kappa shape index (κ3) is 3.64. The zero-order chi connectivity index (χ0) is 21.1. The molecule has 0 unspecified atom stereocenters. The molecule has 0 atom stereocenters. The molecule has 4 rings (SSSR count). The van der Waals surface area contributed by atoms with Crippen LogP contribution in [-0.4, -0.2) is 38.4 Å². The Hall–Kier alpha value is -3.67. The Morgan fingerprint density at radius 2 is 1.53 bits per heavy atom. The van der Waals surface area contributed by atoms with Gasteiger partial charge in [0.15, 0.2) is 11.5 Å². The summed E-state index contributed by atoms with van der Waals surface area (Å²) in [5.41, 5.74) is 5.06. The van der Waals surface area contributed by atoms with Gasteiger partial charge in [-0.15, -0.1) is 0 Å². The van der Waals surface area contributed by atoms with Gasteiger partial charge in [0.25, 0.3) is 0 Å². The van der Waals surface area contributed by atoms with Gasteiger partial charge in [-0.1, -0.05) is 24.3 Å². The first-order chi connectivity index (χ1) is 14.7. The molecule has 0 aliphatic heterocycles. The van der Waals surface area contributed by atoms with Crippen LogP contribution in [0.5, 0.6) is 23.0 Å². The fourth-order valence-corrected chi connectivity index (χ4v) is 3.59. The van der Waals surface area contributed by atoms with Crippen molar-refractivity contribution < 1.29 is 18.9 Å². The molecule has 0 saturated carbocycles. The SMILES string of the molecule is COc1cccc(Cc2cccc3[nH]c(-c4cc(OC)c(OC)c(OC)c4)nc23)c1. The zero-order valence-corrected chi connectivity index (χ0v) is 17.5. The summed E-state index contributed by atoms with van der Waals surface area (Å²) in [6, 6.07) is 18.0. The molecule has 0 aliphatic rings. The molecule has 4 aromatic rings. The molecular weight excluding hydrogens is 380 g/mol. The summed E-state index contributed by atoms with van der Waals surface area (Å²) in [7, 11) is 6.47. The van der Waals surface area contributed by atoms with Crippen LogP contribution in [-0.2, 0) is 6.42 Å². The molecule has 1 aromatic heterocycles. The molecule has 30 heavy (non-hydrogen) atoms. The molecule has 0 spiro atoms. The number of nitrogens with zero attached hydrogens (tertiary/aromatic N) is 1. The van der Waals surface area contributed by atoms with E-state index in [1.54, 1.807) is 28.4 Å². The third-order valence-electron chi connectivity index (χ3n) is 5.06. The predicted molar refractivity (Wildman–Crippen MR) is 117 cm³/mol. The van der Waals surface area contributed by atoms with Crippen molar-refractivity contribution in [3.05, 3.63) is 65.7 Å². The average Bonchev–Trinajstić information content (AvgIpc) is 3.23. The van der Waals surface area contributed by atoms with Crippen molar-refractivity contribution in [3.8, 4) is 34.4 Å². The summed E-state index contributed by atoms with van der Waals surface area (Å²) < 4.78 is 21.7. The van der Waals surface area contributed by atoms with E-state index in [4.69, 9.17) is 23.9 Å². The Kier molecular flexibility index (Phi) is 5.48. The molecule has 154 valence electrons. The summed E-state index contributed by atoms with van der Waals surface area (Å²) in [5, 5.41) is 0. The number of methoxy groups -OCH3 is 4. The van der Waals surface area contributed by atoms with Gasteiger partial charge in [-0.25, -0.2) is 4.98 Å². The Morgan fingerprint density at radius 1 is 0.800 bits per heavy atom. The summed E-state index contributed by atoms with van der Waals surface area (Å²) >= 11 is 0. The quantitative estimate of drug-likeness (QED) is 0.477. The minimum Gasteiger partial charge on any atom is -0.497 e. The van der Waals surface area contributed by atoms with Crippen molar-refractivity contribution >= 4 is 11.0 Å². The smallest absolute Gasteiger partial charge is 0.203 e. The normalized spacial score (nSPS) is 10.8. The van der Waals surface area contributed by atoms with Crippen molar-refractivity contribution in [2.75, 3.05) is 28.4 Å². The standard InChI is InChI=1S/C24H24N2O4/c1-27-18-9-5-7-15(12-18)11-16-8-6-10-19-22(16)26-24(25-19)17-13-20(28-2)23(30-4)21(14-17)29-3/h5-10,12-14H,11H2,1-4H3,(H,25,26). The second-order valence-corrected chi connectivity index (χ2v) is 6.84. The number of hydrogen-bond donors (Lipinski definition) is 1. The van der Waals surface area contributed by atoms with E-state index in [2.05, 4.69) is 17.1 Å². The monoisotopic (exact) mass is 404 g/mol. The van der Waals surface area contributed by atoms with E-state index in [9.17, 15) is 0 Å². The molecule has 0 aliphatic carbocycles. The van der Waals surface area contributed by atoms with Crippen LogP contribution in [0.4, 0.5) is 0 Å². The zero-order valence-electron chi connectivity index (χ0n) is 17.5. The lowest BCUT2D eigenvalue weighted by Crippen LogP contribution is -1.96. The van der Waals surface area contributed by atoms with Crippen molar-refractivity contribution in [1.29, 1.82) is 0 Å². The number of benzene rings is 3. The lowest BCUT2D eigenvalue weighted by atomic mass is 10.0. The highest BCUT2D eigenvalue weighted by molar-refractivity contribution is 5.83. The van der Waals surface area contributed by atoms with Crippen LogP contribution in [0.3, 0.4) is 0 Å². The van der Waals surface area contributed by atoms with E-state index >= 15 is 0 Å². The average molecular weight is 404 g/mol. The van der Waals surface area contributed by atoms with Gasteiger partial charge in [-0.3, -0.25) is 0 Å². The van der Waals surface area contributed by atoms with E-state index in [0.717, 1.165) is 40.2 Å². The van der Waals surface area contributed by atoms with Gasteiger partial charge in [0.05, 0.1) is 39.5 Å². The summed E-state index contributed by atoms with van der Waals surface area (Å²) in [5.74, 6) is 3.31. The molecule has 1 N–H and O–H groups in total. The molecule has 1 heterocycles. The second kappa shape index (κ2) is 8.37. The van der Waals surface area contributed by atoms with E-state index in [0.29, 0.717) is 17.2 Å². The topological polar surface area (TPSA) is 65.6 Å². The summed E-state index contributed by atoms with van der Waals surface area (Å²) in [4.78, 5) is 8.30. The van der Waals surface area contributed by atoms with Gasteiger partial charge in [0.2, 0.25) is 5.75 Å². The van der Waals surface area contributed by atoms with Crippen molar-refractivity contribution in [1.82, 2.24) is 9.97 Å². The van der Waals surface area contributed by atoms with Crippen LogP contribution in [0.1, 0.15) is 11.1 Å². The van der Waals surface area contributed by atoms with E-state index < -0.39 is 0 Å². The van der Waals surface area contributed by atoms with E-state index in [1.807, 2.05) is 42.5 Å². The number of aromatic amines is 1. The van der Waals surface area contributed by atoms with Gasteiger partial charge in [-0.2, -0.15) is 0 Å². The number of H-pyrrole nitrogens is 1. The second-order valence-electron chi connectivity index (χ2n) is 6.84. The Labute approximate surface area is 175 Å². The first-order valence-electron chi connectivity index (χ1n) is 9.57. The molecule has 0 bridgehead atoms. The number of ether oxygens (including phenoxy) is 4. The Bertz CT molecular complexity index is 1160. The van der Waals surface area contributed by atoms with E-state index in [1.165, 1.54) is 5.56 Å². The van der Waals surface area contributed by atoms with Gasteiger partial charge < -0.3 is 23.9 Å². The number of hydrogen-bond acceptors (Lipinski definition) is 5. The first kappa shape index (κ1) is 19.6. The maximum Gasteiger partial charge on any atom is 0.203 e. The van der Waals surface area contributed by atoms with Crippen LogP contribution < -0.4 is 18.9 Å². The lowest BCUT2D eigenvalue weighted by molar-refractivity contribution is 0.324. The number of fused-ring (bicyclic) bond motifs is 1. The highest BCUT2D eigenvalue weighted by Crippen LogP contribution is 2.41. The number of aromatic nitrogens is 2. The first-order valence-corrected chi connectivity index (χ1v) is 9.57. The number of nitrogens with one attached hydrogen (secondary N) is 1.